The third kappa shape index (κ3) is 4.60. The van der Waals surface area contributed by atoms with Crippen LogP contribution < -0.4 is 5.32 Å². The van der Waals surface area contributed by atoms with Gasteiger partial charge < -0.3 is 10.4 Å². The van der Waals surface area contributed by atoms with E-state index in [9.17, 15) is 23.1 Å². The minimum Gasteiger partial charge on any atom is -0.508 e. The monoisotopic (exact) mass is 409 g/mol. The third-order valence-corrected chi connectivity index (χ3v) is 4.70. The van der Waals surface area contributed by atoms with E-state index in [-0.39, 0.29) is 11.4 Å². The summed E-state index contributed by atoms with van der Waals surface area (Å²) in [5.74, 6) is -0.319. The average molecular weight is 409 g/mol. The molecule has 1 amide bonds. The fourth-order valence-corrected chi connectivity index (χ4v) is 3.01. The lowest BCUT2D eigenvalue weighted by molar-refractivity contribution is -0.137. The van der Waals surface area contributed by atoms with E-state index in [0.717, 1.165) is 23.9 Å². The van der Waals surface area contributed by atoms with Crippen molar-refractivity contribution in [1.29, 1.82) is 0 Å². The van der Waals surface area contributed by atoms with Crippen molar-refractivity contribution in [1.82, 2.24) is 20.2 Å². The summed E-state index contributed by atoms with van der Waals surface area (Å²) in [6.45, 7) is 1.62. The number of phenolic OH excluding ortho intramolecular Hbond substituents is 1. The van der Waals surface area contributed by atoms with Gasteiger partial charge in [-0.05, 0) is 65.9 Å². The van der Waals surface area contributed by atoms with Crippen LogP contribution in [0.4, 0.5) is 18.9 Å². The maximum absolute atomic E-state index is 12.6. The number of hydrogen-bond donors (Lipinski definition) is 2. The van der Waals surface area contributed by atoms with E-state index in [1.165, 1.54) is 28.9 Å². The zero-order valence-electron chi connectivity index (χ0n) is 14.4. The largest absolute Gasteiger partial charge is 0.508 e. The summed E-state index contributed by atoms with van der Waals surface area (Å²) in [4.78, 5) is 12.3. The van der Waals surface area contributed by atoms with E-state index < -0.39 is 22.9 Å². The molecule has 0 aliphatic rings. The number of hydrogen-bond acceptors (Lipinski definition) is 6. The highest BCUT2D eigenvalue weighted by atomic mass is 32.2. The number of nitrogens with one attached hydrogen (secondary N) is 1. The maximum Gasteiger partial charge on any atom is 0.416 e. The van der Waals surface area contributed by atoms with E-state index in [2.05, 4.69) is 20.8 Å². The molecule has 3 rings (SSSR count). The highest BCUT2D eigenvalue weighted by Crippen LogP contribution is 2.30. The molecule has 7 nitrogen and oxygen atoms in total. The number of tetrazole rings is 1. The molecule has 2 aromatic carbocycles. The molecular weight excluding hydrogens is 395 g/mol. The summed E-state index contributed by atoms with van der Waals surface area (Å²) >= 11 is 1.08. The molecule has 0 saturated carbocycles. The van der Waals surface area contributed by atoms with Crippen LogP contribution in [0.15, 0.2) is 53.7 Å². The normalized spacial score (nSPS) is 12.6. The van der Waals surface area contributed by atoms with Gasteiger partial charge in [-0.1, -0.05) is 11.8 Å². The second-order valence-electron chi connectivity index (χ2n) is 5.71. The Morgan fingerprint density at radius 2 is 1.79 bits per heavy atom. The highest BCUT2D eigenvalue weighted by Gasteiger charge is 2.30. The van der Waals surface area contributed by atoms with Crippen LogP contribution in [0.2, 0.25) is 0 Å². The molecule has 11 heteroatoms. The van der Waals surface area contributed by atoms with Crippen LogP contribution in [-0.4, -0.2) is 36.5 Å². The Hall–Kier alpha value is -3.08. The van der Waals surface area contributed by atoms with E-state index in [1.54, 1.807) is 19.1 Å². The number of alkyl halides is 3. The molecule has 1 atom stereocenters. The van der Waals surface area contributed by atoms with Gasteiger partial charge in [0, 0.05) is 5.69 Å². The number of aromatic nitrogens is 4. The van der Waals surface area contributed by atoms with Crippen molar-refractivity contribution in [3.05, 3.63) is 54.1 Å². The number of halogens is 3. The first-order valence-electron chi connectivity index (χ1n) is 7.96. The van der Waals surface area contributed by atoms with E-state index in [4.69, 9.17) is 0 Å². The molecular formula is C17H14F3N5O2S. The molecule has 3 aromatic rings. The number of nitrogens with zero attached hydrogens (tertiary/aromatic N) is 4. The first-order chi connectivity index (χ1) is 13.2. The van der Waals surface area contributed by atoms with Crippen LogP contribution in [0.3, 0.4) is 0 Å². The summed E-state index contributed by atoms with van der Waals surface area (Å²) < 4.78 is 39.2. The number of aromatic hydroxyl groups is 1. The van der Waals surface area contributed by atoms with Gasteiger partial charge in [-0.2, -0.15) is 17.9 Å². The van der Waals surface area contributed by atoms with Crippen LogP contribution in [0.1, 0.15) is 12.5 Å². The van der Waals surface area contributed by atoms with Crippen molar-refractivity contribution in [2.75, 3.05) is 5.32 Å². The van der Waals surface area contributed by atoms with Crippen molar-refractivity contribution in [2.45, 2.75) is 23.5 Å². The molecule has 0 unspecified atom stereocenters. The van der Waals surface area contributed by atoms with Gasteiger partial charge in [0.05, 0.1) is 16.5 Å². The van der Waals surface area contributed by atoms with E-state index >= 15 is 0 Å². The summed E-state index contributed by atoms with van der Waals surface area (Å²) in [7, 11) is 0. The van der Waals surface area contributed by atoms with Crippen LogP contribution in [-0.2, 0) is 11.0 Å². The smallest absolute Gasteiger partial charge is 0.416 e. The Kier molecular flexibility index (Phi) is 5.54. The predicted molar refractivity (Wildman–Crippen MR) is 96.2 cm³/mol. The minimum atomic E-state index is -4.43. The Morgan fingerprint density at radius 1 is 1.14 bits per heavy atom. The lowest BCUT2D eigenvalue weighted by Crippen LogP contribution is -2.23. The molecule has 1 heterocycles. The molecule has 146 valence electrons. The van der Waals surface area contributed by atoms with Crippen LogP contribution in [0.5, 0.6) is 5.75 Å². The van der Waals surface area contributed by atoms with E-state index in [0.29, 0.717) is 10.8 Å². The van der Waals surface area contributed by atoms with Crippen molar-refractivity contribution < 1.29 is 23.1 Å². The summed E-state index contributed by atoms with van der Waals surface area (Å²) in [6, 6.07) is 10.4. The van der Waals surface area contributed by atoms with Gasteiger partial charge in [0.25, 0.3) is 0 Å². The fraction of sp³-hybridized carbons (Fsp3) is 0.176. The Labute approximate surface area is 161 Å². The molecule has 0 bridgehead atoms. The van der Waals surface area contributed by atoms with Crippen molar-refractivity contribution >= 4 is 23.4 Å². The standard InChI is InChI=1S/C17H14F3N5O2S/c1-10(15(27)21-12-4-2-11(3-5-12)17(18,19)20)28-16-22-23-24-25(16)13-6-8-14(26)9-7-13/h2-10,26H,1H3,(H,21,27)/t10-/m0/s1. The van der Waals surface area contributed by atoms with Gasteiger partial charge in [0.15, 0.2) is 0 Å². The quantitative estimate of drug-likeness (QED) is 0.627. The van der Waals surface area contributed by atoms with E-state index in [1.807, 2.05) is 0 Å². The molecule has 2 N–H and O–H groups in total. The SMILES string of the molecule is C[C@H](Sc1nnnn1-c1ccc(O)cc1)C(=O)Nc1ccc(C(F)(F)F)cc1. The molecule has 0 aliphatic carbocycles. The van der Waals surface area contributed by atoms with Crippen LogP contribution in [0.25, 0.3) is 5.69 Å². The number of phenols is 1. The second-order valence-corrected chi connectivity index (χ2v) is 7.02. The summed E-state index contributed by atoms with van der Waals surface area (Å²) in [5.41, 5.74) is 0.0604. The molecule has 0 radical (unpaired) electrons. The zero-order valence-corrected chi connectivity index (χ0v) is 15.2. The Bertz CT molecular complexity index is 958. The number of amides is 1. The molecule has 0 spiro atoms. The number of carbonyl (C=O) groups is 1. The molecule has 0 saturated heterocycles. The van der Waals surface area contributed by atoms with Gasteiger partial charge in [-0.15, -0.1) is 5.10 Å². The third-order valence-electron chi connectivity index (χ3n) is 3.67. The maximum atomic E-state index is 12.6. The summed E-state index contributed by atoms with van der Waals surface area (Å²) in [5, 5.41) is 23.0. The Balaban J connectivity index is 1.67. The van der Waals surface area contributed by atoms with Gasteiger partial charge in [0.2, 0.25) is 11.1 Å². The number of carbonyl (C=O) groups excluding carboxylic acids is 1. The topological polar surface area (TPSA) is 92.9 Å². The lowest BCUT2D eigenvalue weighted by Gasteiger charge is -2.12. The number of anilines is 1. The molecule has 28 heavy (non-hydrogen) atoms. The van der Waals surface area contributed by atoms with Crippen molar-refractivity contribution in [2.24, 2.45) is 0 Å². The van der Waals surface area contributed by atoms with Gasteiger partial charge >= 0.3 is 6.18 Å². The second kappa shape index (κ2) is 7.89. The van der Waals surface area contributed by atoms with Crippen LogP contribution in [0, 0.1) is 0 Å². The zero-order chi connectivity index (χ0) is 20.3. The fourth-order valence-electron chi connectivity index (χ4n) is 2.21. The average Bonchev–Trinajstić information content (AvgIpc) is 3.10. The number of benzene rings is 2. The van der Waals surface area contributed by atoms with Gasteiger partial charge in [-0.3, -0.25) is 4.79 Å². The lowest BCUT2D eigenvalue weighted by atomic mass is 10.2. The van der Waals surface area contributed by atoms with Crippen molar-refractivity contribution in [3.8, 4) is 11.4 Å². The predicted octanol–water partition coefficient (Wildman–Crippen LogP) is 3.51. The summed E-state index contributed by atoms with van der Waals surface area (Å²) in [6.07, 6.45) is -4.43. The van der Waals surface area contributed by atoms with Crippen molar-refractivity contribution in [3.63, 3.8) is 0 Å². The first kappa shape index (κ1) is 19.7. The number of thioether (sulfide) groups is 1. The highest BCUT2D eigenvalue weighted by molar-refractivity contribution is 8.00. The molecule has 0 aliphatic heterocycles. The minimum absolute atomic E-state index is 0.0929. The first-order valence-corrected chi connectivity index (χ1v) is 8.84. The van der Waals surface area contributed by atoms with Crippen LogP contribution >= 0.6 is 11.8 Å². The molecule has 1 aromatic heterocycles. The van der Waals surface area contributed by atoms with Gasteiger partial charge in [0.1, 0.15) is 5.75 Å². The van der Waals surface area contributed by atoms with Gasteiger partial charge in [-0.25, -0.2) is 0 Å². The molecule has 0 fully saturated rings. The Morgan fingerprint density at radius 3 is 2.39 bits per heavy atom. The number of rotatable bonds is 5.